The van der Waals surface area contributed by atoms with Crippen molar-refractivity contribution in [3.8, 4) is 16.9 Å². The van der Waals surface area contributed by atoms with Crippen molar-refractivity contribution in [2.24, 2.45) is 0 Å². The summed E-state index contributed by atoms with van der Waals surface area (Å²) >= 11 is 0. The average molecular weight is 253 g/mol. The van der Waals surface area contributed by atoms with Crippen molar-refractivity contribution in [3.63, 3.8) is 0 Å². The minimum absolute atomic E-state index is 0.180. The molecule has 0 fully saturated rings. The van der Waals surface area contributed by atoms with Gasteiger partial charge in [0.2, 0.25) is 0 Å². The molecule has 0 bridgehead atoms. The van der Waals surface area contributed by atoms with Crippen molar-refractivity contribution in [2.45, 2.75) is 6.18 Å². The van der Waals surface area contributed by atoms with E-state index in [-0.39, 0.29) is 5.75 Å². The van der Waals surface area contributed by atoms with Gasteiger partial charge in [0.1, 0.15) is 5.75 Å². The Labute approximate surface area is 102 Å². The Bertz CT molecular complexity index is 538. The Hall–Kier alpha value is -2.04. The molecule has 1 aromatic heterocycles. The monoisotopic (exact) mass is 253 g/mol. The molecule has 0 atom stereocenters. The maximum absolute atomic E-state index is 12.8. The van der Waals surface area contributed by atoms with Gasteiger partial charge in [0.15, 0.2) is 0 Å². The molecule has 0 saturated heterocycles. The lowest BCUT2D eigenvalue weighted by Gasteiger charge is -2.13. The summed E-state index contributed by atoms with van der Waals surface area (Å²) in [6.45, 7) is 0. The molecular formula is C13H10F3NO. The lowest BCUT2D eigenvalue weighted by molar-refractivity contribution is -0.138. The molecule has 0 unspecified atom stereocenters. The van der Waals surface area contributed by atoms with E-state index < -0.39 is 11.7 Å². The maximum atomic E-state index is 12.8. The minimum Gasteiger partial charge on any atom is -0.496 e. The van der Waals surface area contributed by atoms with Gasteiger partial charge in [-0.2, -0.15) is 13.2 Å². The van der Waals surface area contributed by atoms with Gasteiger partial charge in [0.25, 0.3) is 0 Å². The Morgan fingerprint density at radius 3 is 2.22 bits per heavy atom. The molecular weight excluding hydrogens is 243 g/mol. The zero-order valence-electron chi connectivity index (χ0n) is 9.53. The second-order valence-corrected chi connectivity index (χ2v) is 3.65. The lowest BCUT2D eigenvalue weighted by Crippen LogP contribution is -2.07. The maximum Gasteiger partial charge on any atom is 0.419 e. The van der Waals surface area contributed by atoms with Crippen molar-refractivity contribution in [2.75, 3.05) is 7.11 Å². The molecule has 0 N–H and O–H groups in total. The van der Waals surface area contributed by atoms with Crippen LogP contribution in [0.1, 0.15) is 5.56 Å². The first-order valence-corrected chi connectivity index (χ1v) is 5.18. The predicted molar refractivity (Wildman–Crippen MR) is 61.2 cm³/mol. The van der Waals surface area contributed by atoms with Gasteiger partial charge < -0.3 is 4.74 Å². The molecule has 0 aliphatic rings. The zero-order chi connectivity index (χ0) is 13.2. The fraction of sp³-hybridized carbons (Fsp3) is 0.154. The SMILES string of the molecule is COc1ccc(-c2ccncc2)cc1C(F)(F)F. The van der Waals surface area contributed by atoms with Crippen LogP contribution in [0.2, 0.25) is 0 Å². The fourth-order valence-corrected chi connectivity index (χ4v) is 1.65. The Morgan fingerprint density at radius 2 is 1.67 bits per heavy atom. The Kier molecular flexibility index (Phi) is 3.23. The van der Waals surface area contributed by atoms with E-state index in [2.05, 4.69) is 4.98 Å². The summed E-state index contributed by atoms with van der Waals surface area (Å²) in [5.74, 6) is -0.180. The van der Waals surface area contributed by atoms with Crippen LogP contribution in [-0.2, 0) is 6.18 Å². The van der Waals surface area contributed by atoms with E-state index in [0.29, 0.717) is 11.1 Å². The summed E-state index contributed by atoms with van der Waals surface area (Å²) in [5.41, 5.74) is 0.378. The number of ether oxygens (including phenoxy) is 1. The molecule has 0 aliphatic heterocycles. The molecule has 1 aromatic carbocycles. The topological polar surface area (TPSA) is 22.1 Å². The van der Waals surface area contributed by atoms with Crippen LogP contribution in [0, 0.1) is 0 Å². The van der Waals surface area contributed by atoms with Crippen LogP contribution in [0.5, 0.6) is 5.75 Å². The van der Waals surface area contributed by atoms with Crippen LogP contribution in [0.3, 0.4) is 0 Å². The van der Waals surface area contributed by atoms with Gasteiger partial charge in [-0.05, 0) is 35.4 Å². The van der Waals surface area contributed by atoms with E-state index in [1.165, 1.54) is 25.6 Å². The normalized spacial score (nSPS) is 11.3. The smallest absolute Gasteiger partial charge is 0.419 e. The molecule has 2 rings (SSSR count). The summed E-state index contributed by atoms with van der Waals surface area (Å²) in [6, 6.07) is 7.29. The van der Waals surface area contributed by atoms with E-state index in [9.17, 15) is 13.2 Å². The van der Waals surface area contributed by atoms with Crippen molar-refractivity contribution < 1.29 is 17.9 Å². The number of rotatable bonds is 2. The van der Waals surface area contributed by atoms with E-state index in [0.717, 1.165) is 6.07 Å². The highest BCUT2D eigenvalue weighted by Crippen LogP contribution is 2.38. The van der Waals surface area contributed by atoms with Crippen LogP contribution in [0.15, 0.2) is 42.7 Å². The van der Waals surface area contributed by atoms with Crippen molar-refractivity contribution in [1.82, 2.24) is 4.98 Å². The highest BCUT2D eigenvalue weighted by atomic mass is 19.4. The van der Waals surface area contributed by atoms with Crippen molar-refractivity contribution >= 4 is 0 Å². The molecule has 18 heavy (non-hydrogen) atoms. The van der Waals surface area contributed by atoms with Gasteiger partial charge in [-0.3, -0.25) is 4.98 Å². The summed E-state index contributed by atoms with van der Waals surface area (Å²) < 4.78 is 43.2. The van der Waals surface area contributed by atoms with Crippen molar-refractivity contribution in [3.05, 3.63) is 48.3 Å². The molecule has 0 radical (unpaired) electrons. The number of nitrogens with zero attached hydrogens (tertiary/aromatic N) is 1. The molecule has 1 heterocycles. The third kappa shape index (κ3) is 2.45. The highest BCUT2D eigenvalue weighted by Gasteiger charge is 2.34. The van der Waals surface area contributed by atoms with E-state index in [1.54, 1.807) is 18.2 Å². The van der Waals surface area contributed by atoms with Crippen LogP contribution in [0.4, 0.5) is 13.2 Å². The second kappa shape index (κ2) is 4.68. The zero-order valence-corrected chi connectivity index (χ0v) is 9.53. The highest BCUT2D eigenvalue weighted by molar-refractivity contribution is 5.65. The van der Waals surface area contributed by atoms with Crippen molar-refractivity contribution in [1.29, 1.82) is 0 Å². The van der Waals surface area contributed by atoms with Gasteiger partial charge in [0.05, 0.1) is 12.7 Å². The molecule has 0 amide bonds. The van der Waals surface area contributed by atoms with Gasteiger partial charge in [-0.25, -0.2) is 0 Å². The molecule has 0 saturated carbocycles. The summed E-state index contributed by atoms with van der Waals surface area (Å²) in [4.78, 5) is 3.83. The van der Waals surface area contributed by atoms with Crippen LogP contribution < -0.4 is 4.74 Å². The summed E-state index contributed by atoms with van der Waals surface area (Å²) in [5, 5.41) is 0. The van der Waals surface area contributed by atoms with E-state index in [4.69, 9.17) is 4.74 Å². The van der Waals surface area contributed by atoms with Gasteiger partial charge >= 0.3 is 6.18 Å². The second-order valence-electron chi connectivity index (χ2n) is 3.65. The molecule has 2 nitrogen and oxygen atoms in total. The van der Waals surface area contributed by atoms with E-state index in [1.807, 2.05) is 0 Å². The molecule has 5 heteroatoms. The van der Waals surface area contributed by atoms with Crippen LogP contribution in [-0.4, -0.2) is 12.1 Å². The number of alkyl halides is 3. The summed E-state index contributed by atoms with van der Waals surface area (Å²) in [7, 11) is 1.22. The minimum atomic E-state index is -4.44. The number of hydrogen-bond acceptors (Lipinski definition) is 2. The van der Waals surface area contributed by atoms with E-state index >= 15 is 0 Å². The fourth-order valence-electron chi connectivity index (χ4n) is 1.65. The van der Waals surface area contributed by atoms with Gasteiger partial charge in [-0.15, -0.1) is 0 Å². The van der Waals surface area contributed by atoms with Gasteiger partial charge in [0, 0.05) is 12.4 Å². The number of hydrogen-bond donors (Lipinski definition) is 0. The van der Waals surface area contributed by atoms with Crippen LogP contribution in [0.25, 0.3) is 11.1 Å². The number of aromatic nitrogens is 1. The number of pyridine rings is 1. The third-order valence-corrected chi connectivity index (χ3v) is 2.52. The average Bonchev–Trinajstić information content (AvgIpc) is 2.38. The first kappa shape index (κ1) is 12.4. The first-order chi connectivity index (χ1) is 8.52. The molecule has 0 aliphatic carbocycles. The Balaban J connectivity index is 2.53. The number of methoxy groups -OCH3 is 1. The largest absolute Gasteiger partial charge is 0.496 e. The third-order valence-electron chi connectivity index (χ3n) is 2.52. The number of halogens is 3. The predicted octanol–water partition coefficient (Wildman–Crippen LogP) is 3.78. The molecule has 2 aromatic rings. The Morgan fingerprint density at radius 1 is 1.00 bits per heavy atom. The first-order valence-electron chi connectivity index (χ1n) is 5.18. The standard InChI is InChI=1S/C13H10F3NO/c1-18-12-3-2-10(8-11(12)13(14,15)16)9-4-6-17-7-5-9/h2-8H,1H3. The number of benzene rings is 1. The van der Waals surface area contributed by atoms with Gasteiger partial charge in [-0.1, -0.05) is 6.07 Å². The van der Waals surface area contributed by atoms with Crippen LogP contribution >= 0.6 is 0 Å². The quantitative estimate of drug-likeness (QED) is 0.812. The molecule has 0 spiro atoms. The lowest BCUT2D eigenvalue weighted by atomic mass is 10.0. The molecule has 94 valence electrons. The summed E-state index contributed by atoms with van der Waals surface area (Å²) in [6.07, 6.45) is -1.37.